The zero-order chi connectivity index (χ0) is 19.7. The van der Waals surface area contributed by atoms with Gasteiger partial charge in [0, 0.05) is 13.5 Å². The predicted octanol–water partition coefficient (Wildman–Crippen LogP) is 5.42. The minimum Gasteiger partial charge on any atom is -0.509 e. The van der Waals surface area contributed by atoms with Gasteiger partial charge in [0.1, 0.15) is 11.3 Å². The monoisotopic (exact) mass is 365 g/mol. The highest BCUT2D eigenvalue weighted by Gasteiger charge is 2.37. The van der Waals surface area contributed by atoms with Gasteiger partial charge in [-0.2, -0.15) is 0 Å². The normalized spacial score (nSPS) is 18.9. The van der Waals surface area contributed by atoms with Crippen molar-refractivity contribution in [2.24, 2.45) is 11.8 Å². The first kappa shape index (κ1) is 22.7. The van der Waals surface area contributed by atoms with Crippen molar-refractivity contribution in [3.8, 4) is 0 Å². The Bertz CT molecular complexity index is 496. The molecule has 0 aromatic carbocycles. The molecular weight excluding hydrogens is 326 g/mol. The molecule has 0 aliphatic carbocycles. The van der Waals surface area contributed by atoms with Gasteiger partial charge in [0.15, 0.2) is 5.78 Å². The SMILES string of the molecule is CC(C)CCC(C)CCCCCCCCC(=O)C1=C(O)C(C)N(C)C1=O. The third-order valence-electron chi connectivity index (χ3n) is 5.63. The van der Waals surface area contributed by atoms with Gasteiger partial charge in [0.25, 0.3) is 5.91 Å². The lowest BCUT2D eigenvalue weighted by Gasteiger charge is -2.14. The molecular formula is C22H39NO3. The second-order valence-electron chi connectivity index (χ2n) is 8.51. The second-order valence-corrected chi connectivity index (χ2v) is 8.51. The van der Waals surface area contributed by atoms with E-state index in [0.29, 0.717) is 6.42 Å². The van der Waals surface area contributed by atoms with Gasteiger partial charge >= 0.3 is 0 Å². The Hall–Kier alpha value is -1.32. The molecule has 0 fully saturated rings. The lowest BCUT2D eigenvalue weighted by Crippen LogP contribution is -2.30. The molecule has 1 aliphatic heterocycles. The van der Waals surface area contributed by atoms with Crippen LogP contribution in [0.3, 0.4) is 0 Å². The van der Waals surface area contributed by atoms with Gasteiger partial charge in [-0.3, -0.25) is 9.59 Å². The smallest absolute Gasteiger partial charge is 0.261 e. The van der Waals surface area contributed by atoms with Crippen LogP contribution in [0, 0.1) is 11.8 Å². The largest absolute Gasteiger partial charge is 0.509 e. The number of aliphatic hydroxyl groups is 1. The van der Waals surface area contributed by atoms with Crippen molar-refractivity contribution in [3.05, 3.63) is 11.3 Å². The van der Waals surface area contributed by atoms with E-state index in [2.05, 4.69) is 20.8 Å². The minimum atomic E-state index is -0.385. The van der Waals surface area contributed by atoms with Crippen molar-refractivity contribution in [2.45, 2.75) is 97.9 Å². The quantitative estimate of drug-likeness (QED) is 0.350. The number of unbranched alkanes of at least 4 members (excludes halogenated alkanes) is 5. The van der Waals surface area contributed by atoms with E-state index in [1.807, 2.05) is 0 Å². The molecule has 0 spiro atoms. The maximum atomic E-state index is 12.2. The molecule has 1 amide bonds. The maximum Gasteiger partial charge on any atom is 0.261 e. The second kappa shape index (κ2) is 11.4. The van der Waals surface area contributed by atoms with E-state index in [1.54, 1.807) is 14.0 Å². The lowest BCUT2D eigenvalue weighted by atomic mass is 9.94. The molecule has 0 saturated carbocycles. The molecule has 4 nitrogen and oxygen atoms in total. The summed E-state index contributed by atoms with van der Waals surface area (Å²) in [4.78, 5) is 25.6. The van der Waals surface area contributed by atoms with Crippen LogP contribution in [0.25, 0.3) is 0 Å². The van der Waals surface area contributed by atoms with Crippen LogP contribution in [0.2, 0.25) is 0 Å². The summed E-state index contributed by atoms with van der Waals surface area (Å²) in [6.45, 7) is 8.67. The van der Waals surface area contributed by atoms with E-state index in [9.17, 15) is 14.7 Å². The summed E-state index contributed by atoms with van der Waals surface area (Å²) in [6.07, 6.45) is 11.1. The first-order valence-electron chi connectivity index (χ1n) is 10.5. The maximum absolute atomic E-state index is 12.2. The van der Waals surface area contributed by atoms with Gasteiger partial charge in [0.05, 0.1) is 6.04 Å². The Morgan fingerprint density at radius 2 is 1.58 bits per heavy atom. The fourth-order valence-electron chi connectivity index (χ4n) is 3.49. The van der Waals surface area contributed by atoms with Gasteiger partial charge in [-0.05, 0) is 25.2 Å². The van der Waals surface area contributed by atoms with E-state index < -0.39 is 0 Å². The van der Waals surface area contributed by atoms with Gasteiger partial charge in [-0.15, -0.1) is 0 Å². The highest BCUT2D eigenvalue weighted by molar-refractivity contribution is 6.21. The van der Waals surface area contributed by atoms with Gasteiger partial charge < -0.3 is 10.0 Å². The highest BCUT2D eigenvalue weighted by atomic mass is 16.3. The zero-order valence-corrected chi connectivity index (χ0v) is 17.5. The van der Waals surface area contributed by atoms with Crippen LogP contribution in [0.5, 0.6) is 0 Å². The number of Topliss-reactive ketones (excluding diaryl/α,β-unsaturated/α-hetero) is 1. The summed E-state index contributed by atoms with van der Waals surface area (Å²) in [7, 11) is 1.62. The summed E-state index contributed by atoms with van der Waals surface area (Å²) < 4.78 is 0. The Kier molecular flexibility index (Phi) is 9.97. The molecule has 0 bridgehead atoms. The summed E-state index contributed by atoms with van der Waals surface area (Å²) in [5, 5.41) is 9.98. The van der Waals surface area contributed by atoms with E-state index in [-0.39, 0.29) is 29.1 Å². The molecule has 1 rings (SSSR count). The van der Waals surface area contributed by atoms with Crippen molar-refractivity contribution in [2.75, 3.05) is 7.05 Å². The number of rotatable bonds is 13. The molecule has 2 unspecified atom stereocenters. The Morgan fingerprint density at radius 3 is 2.12 bits per heavy atom. The number of ketones is 1. The van der Waals surface area contributed by atoms with Crippen LogP contribution in [-0.4, -0.2) is 34.8 Å². The molecule has 0 aromatic heterocycles. The van der Waals surface area contributed by atoms with Gasteiger partial charge in [-0.1, -0.05) is 72.1 Å². The Labute approximate surface area is 160 Å². The van der Waals surface area contributed by atoms with Crippen LogP contribution >= 0.6 is 0 Å². The van der Waals surface area contributed by atoms with Crippen molar-refractivity contribution in [1.29, 1.82) is 0 Å². The van der Waals surface area contributed by atoms with Crippen molar-refractivity contribution in [3.63, 3.8) is 0 Å². The van der Waals surface area contributed by atoms with Gasteiger partial charge in [-0.25, -0.2) is 0 Å². The van der Waals surface area contributed by atoms with Gasteiger partial charge in [0.2, 0.25) is 0 Å². The molecule has 150 valence electrons. The van der Waals surface area contributed by atoms with Crippen molar-refractivity contribution >= 4 is 11.7 Å². The summed E-state index contributed by atoms with van der Waals surface area (Å²) >= 11 is 0. The molecule has 1 heterocycles. The molecule has 2 atom stereocenters. The fourth-order valence-corrected chi connectivity index (χ4v) is 3.49. The average Bonchev–Trinajstić information content (AvgIpc) is 2.78. The number of carbonyl (C=O) groups excluding carboxylic acids is 2. The number of carbonyl (C=O) groups is 2. The Balaban J connectivity index is 2.09. The van der Waals surface area contributed by atoms with E-state index in [0.717, 1.165) is 31.1 Å². The average molecular weight is 366 g/mol. The summed E-state index contributed by atoms with van der Waals surface area (Å²) in [5.41, 5.74) is 0.00962. The number of hydrogen-bond donors (Lipinski definition) is 1. The molecule has 26 heavy (non-hydrogen) atoms. The number of aliphatic hydroxyl groups excluding tert-OH is 1. The van der Waals surface area contributed by atoms with Crippen LogP contribution < -0.4 is 0 Å². The molecule has 1 N–H and O–H groups in total. The van der Waals surface area contributed by atoms with Crippen molar-refractivity contribution < 1.29 is 14.7 Å². The molecule has 1 aliphatic rings. The number of amides is 1. The fraction of sp³-hybridized carbons (Fsp3) is 0.818. The molecule has 0 saturated heterocycles. The Morgan fingerprint density at radius 1 is 1.00 bits per heavy atom. The minimum absolute atomic E-state index is 0.00962. The van der Waals surface area contributed by atoms with Crippen LogP contribution in [0.4, 0.5) is 0 Å². The molecule has 0 radical (unpaired) electrons. The number of likely N-dealkylation sites (N-methyl/N-ethyl adjacent to an activating group) is 1. The first-order valence-corrected chi connectivity index (χ1v) is 10.5. The zero-order valence-electron chi connectivity index (χ0n) is 17.5. The van der Waals surface area contributed by atoms with E-state index in [1.165, 1.54) is 43.4 Å². The van der Waals surface area contributed by atoms with Crippen LogP contribution in [0.1, 0.15) is 91.9 Å². The number of hydrogen-bond acceptors (Lipinski definition) is 3. The van der Waals surface area contributed by atoms with E-state index >= 15 is 0 Å². The van der Waals surface area contributed by atoms with Crippen LogP contribution in [-0.2, 0) is 9.59 Å². The first-order chi connectivity index (χ1) is 12.3. The highest BCUT2D eigenvalue weighted by Crippen LogP contribution is 2.24. The molecule has 0 aromatic rings. The van der Waals surface area contributed by atoms with Crippen LogP contribution in [0.15, 0.2) is 11.3 Å². The summed E-state index contributed by atoms with van der Waals surface area (Å²) in [5.74, 6) is 1.03. The van der Waals surface area contributed by atoms with E-state index in [4.69, 9.17) is 0 Å². The molecule has 4 heteroatoms. The number of nitrogens with zero attached hydrogens (tertiary/aromatic N) is 1. The summed E-state index contributed by atoms with van der Waals surface area (Å²) in [6, 6.07) is -0.385. The lowest BCUT2D eigenvalue weighted by molar-refractivity contribution is -0.128. The third kappa shape index (κ3) is 7.13. The van der Waals surface area contributed by atoms with Crippen molar-refractivity contribution in [1.82, 2.24) is 4.90 Å². The predicted molar refractivity (Wildman–Crippen MR) is 107 cm³/mol. The topological polar surface area (TPSA) is 57.6 Å². The third-order valence-corrected chi connectivity index (χ3v) is 5.63. The standard InChI is InChI=1S/C22H39NO3/c1-16(2)14-15-17(3)12-10-8-6-7-9-11-13-19(24)20-21(25)18(4)23(5)22(20)26/h16-18,25H,6-15H2,1-5H3.